The van der Waals surface area contributed by atoms with Crippen molar-refractivity contribution in [2.24, 2.45) is 5.92 Å². The van der Waals surface area contributed by atoms with Crippen LogP contribution >= 0.6 is 0 Å². The van der Waals surface area contributed by atoms with E-state index in [1.165, 1.54) is 4.90 Å². The van der Waals surface area contributed by atoms with E-state index in [0.29, 0.717) is 23.5 Å². The number of nitrogens with zero attached hydrogens (tertiary/aromatic N) is 1. The van der Waals surface area contributed by atoms with Gasteiger partial charge in [0.1, 0.15) is 0 Å². The number of rotatable bonds is 10. The average Bonchev–Trinajstić information content (AvgIpc) is 3.23. The number of aryl methyl sites for hydroxylation is 1. The predicted octanol–water partition coefficient (Wildman–Crippen LogP) is 3.88. The van der Waals surface area contributed by atoms with Gasteiger partial charge in [0.15, 0.2) is 6.61 Å². The number of amides is 2. The zero-order chi connectivity index (χ0) is 24.5. The molecule has 180 valence electrons. The summed E-state index contributed by atoms with van der Waals surface area (Å²) in [6.45, 7) is 4.05. The Morgan fingerprint density at radius 3 is 2.47 bits per heavy atom. The highest BCUT2D eigenvalue weighted by atomic mass is 16.5. The smallest absolute Gasteiger partial charge is 0.338 e. The average molecular weight is 467 g/mol. The van der Waals surface area contributed by atoms with Gasteiger partial charge in [0, 0.05) is 24.3 Å². The van der Waals surface area contributed by atoms with E-state index in [1.807, 2.05) is 19.1 Å². The van der Waals surface area contributed by atoms with E-state index in [2.05, 4.69) is 12.2 Å². The lowest BCUT2D eigenvalue weighted by Crippen LogP contribution is -2.28. The quantitative estimate of drug-likeness (QED) is 0.421. The molecule has 1 fully saturated rings. The van der Waals surface area contributed by atoms with Gasteiger partial charge in [-0.2, -0.15) is 0 Å². The van der Waals surface area contributed by atoms with E-state index in [4.69, 9.17) is 9.47 Å². The molecule has 0 aromatic heterocycles. The Kier molecular flexibility index (Phi) is 8.79. The maximum absolute atomic E-state index is 12.5. The third kappa shape index (κ3) is 6.66. The molecule has 2 amide bonds. The molecule has 0 unspecified atom stereocenters. The van der Waals surface area contributed by atoms with Crippen molar-refractivity contribution in [3.63, 3.8) is 0 Å². The Labute approximate surface area is 199 Å². The third-order valence-electron chi connectivity index (χ3n) is 5.62. The van der Waals surface area contributed by atoms with Crippen LogP contribution in [0.3, 0.4) is 0 Å². The van der Waals surface area contributed by atoms with Crippen molar-refractivity contribution in [1.82, 2.24) is 0 Å². The molecule has 2 aromatic rings. The SMILES string of the molecule is CCCCCOC(=O)c1ccc(N2C[C@H](C(=O)OCC(=O)Nc3ccccc3C)CC2=O)cc1. The predicted molar refractivity (Wildman–Crippen MR) is 127 cm³/mol. The first-order valence-electron chi connectivity index (χ1n) is 11.5. The van der Waals surface area contributed by atoms with Crippen molar-refractivity contribution < 1.29 is 28.7 Å². The van der Waals surface area contributed by atoms with Crippen LogP contribution in [0.15, 0.2) is 48.5 Å². The summed E-state index contributed by atoms with van der Waals surface area (Å²) >= 11 is 0. The third-order valence-corrected chi connectivity index (χ3v) is 5.62. The second kappa shape index (κ2) is 12.0. The number of hydrogen-bond donors (Lipinski definition) is 1. The molecule has 2 aromatic carbocycles. The first-order chi connectivity index (χ1) is 16.4. The van der Waals surface area contributed by atoms with Crippen LogP contribution in [0, 0.1) is 12.8 Å². The summed E-state index contributed by atoms with van der Waals surface area (Å²) < 4.78 is 10.4. The molecule has 3 rings (SSSR count). The normalized spacial score (nSPS) is 15.2. The maximum atomic E-state index is 12.5. The monoisotopic (exact) mass is 466 g/mol. The molecule has 0 bridgehead atoms. The second-order valence-electron chi connectivity index (χ2n) is 8.27. The number of carbonyl (C=O) groups is 4. The number of nitrogens with one attached hydrogen (secondary N) is 1. The summed E-state index contributed by atoms with van der Waals surface area (Å²) in [5, 5.41) is 2.70. The van der Waals surface area contributed by atoms with Crippen LogP contribution in [-0.2, 0) is 23.9 Å². The fourth-order valence-electron chi connectivity index (χ4n) is 3.65. The summed E-state index contributed by atoms with van der Waals surface area (Å²) in [4.78, 5) is 50.6. The van der Waals surface area contributed by atoms with Gasteiger partial charge < -0.3 is 19.7 Å². The molecule has 1 heterocycles. The lowest BCUT2D eigenvalue weighted by atomic mass is 10.1. The molecule has 34 heavy (non-hydrogen) atoms. The van der Waals surface area contributed by atoms with Gasteiger partial charge in [-0.25, -0.2) is 4.79 Å². The summed E-state index contributed by atoms with van der Waals surface area (Å²) in [6, 6.07) is 13.8. The molecule has 0 radical (unpaired) electrons. The molecular formula is C26H30N2O6. The fraction of sp³-hybridized carbons (Fsp3) is 0.385. The zero-order valence-electron chi connectivity index (χ0n) is 19.5. The van der Waals surface area contributed by atoms with Crippen LogP contribution < -0.4 is 10.2 Å². The largest absolute Gasteiger partial charge is 0.462 e. The van der Waals surface area contributed by atoms with E-state index in [9.17, 15) is 19.2 Å². The van der Waals surface area contributed by atoms with E-state index < -0.39 is 30.4 Å². The number of anilines is 2. The van der Waals surface area contributed by atoms with Crippen molar-refractivity contribution in [3.8, 4) is 0 Å². The molecule has 1 N–H and O–H groups in total. The van der Waals surface area contributed by atoms with Crippen LogP contribution in [-0.4, -0.2) is 43.5 Å². The Balaban J connectivity index is 1.49. The highest BCUT2D eigenvalue weighted by Crippen LogP contribution is 2.26. The van der Waals surface area contributed by atoms with Crippen molar-refractivity contribution >= 4 is 35.1 Å². The van der Waals surface area contributed by atoms with Gasteiger partial charge in [-0.05, 0) is 49.2 Å². The van der Waals surface area contributed by atoms with Gasteiger partial charge in [-0.1, -0.05) is 38.0 Å². The van der Waals surface area contributed by atoms with Crippen LogP contribution in [0.4, 0.5) is 11.4 Å². The Morgan fingerprint density at radius 1 is 1.03 bits per heavy atom. The molecule has 0 saturated carbocycles. The lowest BCUT2D eigenvalue weighted by Gasteiger charge is -2.17. The molecule has 8 nitrogen and oxygen atoms in total. The highest BCUT2D eigenvalue weighted by molar-refractivity contribution is 6.00. The van der Waals surface area contributed by atoms with Crippen LogP contribution in [0.2, 0.25) is 0 Å². The van der Waals surface area contributed by atoms with Crippen molar-refractivity contribution in [2.45, 2.75) is 39.5 Å². The van der Waals surface area contributed by atoms with Gasteiger partial charge in [-0.15, -0.1) is 0 Å². The molecule has 1 atom stereocenters. The van der Waals surface area contributed by atoms with E-state index >= 15 is 0 Å². The van der Waals surface area contributed by atoms with Crippen molar-refractivity contribution in [2.75, 3.05) is 30.0 Å². The minimum Gasteiger partial charge on any atom is -0.462 e. The minimum absolute atomic E-state index is 0.000528. The van der Waals surface area contributed by atoms with Crippen molar-refractivity contribution in [1.29, 1.82) is 0 Å². The van der Waals surface area contributed by atoms with Gasteiger partial charge in [-0.3, -0.25) is 14.4 Å². The number of esters is 2. The zero-order valence-corrected chi connectivity index (χ0v) is 19.5. The van der Waals surface area contributed by atoms with Crippen LogP contribution in [0.25, 0.3) is 0 Å². The molecule has 1 aliphatic heterocycles. The standard InChI is InChI=1S/C26H30N2O6/c1-3-4-7-14-33-25(31)19-10-12-21(13-11-19)28-16-20(15-24(28)30)26(32)34-17-23(29)27-22-9-6-5-8-18(22)2/h5-6,8-13,20H,3-4,7,14-17H2,1-2H3,(H,27,29)/t20-/m1/s1. The fourth-order valence-corrected chi connectivity index (χ4v) is 3.65. The summed E-state index contributed by atoms with van der Waals surface area (Å²) in [7, 11) is 0. The highest BCUT2D eigenvalue weighted by Gasteiger charge is 2.36. The molecule has 0 aliphatic carbocycles. The van der Waals surface area contributed by atoms with Gasteiger partial charge in [0.05, 0.1) is 18.1 Å². The molecule has 8 heteroatoms. The van der Waals surface area contributed by atoms with Gasteiger partial charge >= 0.3 is 11.9 Å². The molecular weight excluding hydrogens is 436 g/mol. The van der Waals surface area contributed by atoms with E-state index in [-0.39, 0.29) is 18.9 Å². The van der Waals surface area contributed by atoms with E-state index in [1.54, 1.807) is 36.4 Å². The Hall–Kier alpha value is -3.68. The number of ether oxygens (including phenoxy) is 2. The van der Waals surface area contributed by atoms with E-state index in [0.717, 1.165) is 24.8 Å². The van der Waals surface area contributed by atoms with Gasteiger partial charge in [0.2, 0.25) is 5.91 Å². The first kappa shape index (κ1) is 25.0. The maximum Gasteiger partial charge on any atom is 0.338 e. The topological polar surface area (TPSA) is 102 Å². The Bertz CT molecular complexity index is 1030. The number of hydrogen-bond acceptors (Lipinski definition) is 6. The number of unbranched alkanes of at least 4 members (excludes halogenated alkanes) is 2. The molecule has 0 spiro atoms. The number of para-hydroxylation sites is 1. The molecule has 1 saturated heterocycles. The molecule has 1 aliphatic rings. The Morgan fingerprint density at radius 2 is 1.76 bits per heavy atom. The van der Waals surface area contributed by atoms with Crippen LogP contribution in [0.5, 0.6) is 0 Å². The van der Waals surface area contributed by atoms with Crippen LogP contribution in [0.1, 0.15) is 48.5 Å². The summed E-state index contributed by atoms with van der Waals surface area (Å²) in [5.41, 5.74) is 2.54. The second-order valence-corrected chi connectivity index (χ2v) is 8.27. The number of carbonyl (C=O) groups excluding carboxylic acids is 4. The van der Waals surface area contributed by atoms with Crippen molar-refractivity contribution in [3.05, 3.63) is 59.7 Å². The summed E-state index contributed by atoms with van der Waals surface area (Å²) in [5.74, 6) is -2.33. The minimum atomic E-state index is -0.665. The first-order valence-corrected chi connectivity index (χ1v) is 11.5. The van der Waals surface area contributed by atoms with Gasteiger partial charge in [0.25, 0.3) is 5.91 Å². The lowest BCUT2D eigenvalue weighted by molar-refractivity contribution is -0.151. The summed E-state index contributed by atoms with van der Waals surface area (Å²) in [6.07, 6.45) is 2.88. The number of benzene rings is 2.